The zero-order valence-electron chi connectivity index (χ0n) is 11.7. The van der Waals surface area contributed by atoms with E-state index in [1.54, 1.807) is 12.2 Å². The monoisotopic (exact) mass is 290 g/mol. The summed E-state index contributed by atoms with van der Waals surface area (Å²) >= 11 is 0. The van der Waals surface area contributed by atoms with Crippen LogP contribution >= 0.6 is 0 Å². The van der Waals surface area contributed by atoms with E-state index in [0.717, 1.165) is 12.0 Å². The van der Waals surface area contributed by atoms with Crippen LogP contribution in [0.3, 0.4) is 0 Å². The SMILES string of the molecule is O=C1C=CC2(C=C1)C=C(CC(=O)O)[C@H](CC1OCCO1)C2. The maximum Gasteiger partial charge on any atom is 0.307 e. The van der Waals surface area contributed by atoms with Crippen molar-refractivity contribution in [1.82, 2.24) is 0 Å². The largest absolute Gasteiger partial charge is 0.481 e. The molecule has 0 aromatic rings. The van der Waals surface area contributed by atoms with Gasteiger partial charge in [-0.1, -0.05) is 23.8 Å². The Morgan fingerprint density at radius 3 is 2.57 bits per heavy atom. The van der Waals surface area contributed by atoms with Crippen LogP contribution in [-0.2, 0) is 19.1 Å². The number of carboxylic acid groups (broad SMARTS) is 1. The van der Waals surface area contributed by atoms with Crippen molar-refractivity contribution < 1.29 is 24.2 Å². The average molecular weight is 290 g/mol. The molecule has 0 unspecified atom stereocenters. The number of ketones is 1. The van der Waals surface area contributed by atoms with Crippen molar-refractivity contribution >= 4 is 11.8 Å². The minimum absolute atomic E-state index is 0.0226. The van der Waals surface area contributed by atoms with Gasteiger partial charge in [0, 0.05) is 11.8 Å². The molecule has 1 heterocycles. The molecule has 0 saturated carbocycles. The third kappa shape index (κ3) is 3.14. The van der Waals surface area contributed by atoms with Gasteiger partial charge in [0.15, 0.2) is 12.1 Å². The third-order valence-corrected chi connectivity index (χ3v) is 4.22. The molecule has 0 aromatic carbocycles. The van der Waals surface area contributed by atoms with Crippen molar-refractivity contribution in [3.63, 3.8) is 0 Å². The molecular weight excluding hydrogens is 272 g/mol. The van der Waals surface area contributed by atoms with Gasteiger partial charge in [-0.15, -0.1) is 0 Å². The topological polar surface area (TPSA) is 72.8 Å². The molecule has 1 N–H and O–H groups in total. The van der Waals surface area contributed by atoms with Crippen LogP contribution in [-0.4, -0.2) is 36.4 Å². The van der Waals surface area contributed by atoms with E-state index >= 15 is 0 Å². The molecule has 21 heavy (non-hydrogen) atoms. The summed E-state index contributed by atoms with van der Waals surface area (Å²) in [5, 5.41) is 9.09. The van der Waals surface area contributed by atoms with E-state index in [9.17, 15) is 9.59 Å². The molecule has 1 atom stereocenters. The van der Waals surface area contributed by atoms with Gasteiger partial charge in [0.1, 0.15) is 0 Å². The Labute approximate surface area is 122 Å². The van der Waals surface area contributed by atoms with E-state index in [0.29, 0.717) is 19.6 Å². The van der Waals surface area contributed by atoms with Gasteiger partial charge in [-0.05, 0) is 24.5 Å². The van der Waals surface area contributed by atoms with E-state index in [2.05, 4.69) is 0 Å². The van der Waals surface area contributed by atoms with Crippen molar-refractivity contribution in [2.75, 3.05) is 13.2 Å². The van der Waals surface area contributed by atoms with E-state index in [1.807, 2.05) is 18.2 Å². The Kier molecular flexibility index (Phi) is 3.78. The van der Waals surface area contributed by atoms with E-state index in [4.69, 9.17) is 14.6 Å². The zero-order valence-corrected chi connectivity index (χ0v) is 11.7. The summed E-state index contributed by atoms with van der Waals surface area (Å²) in [4.78, 5) is 22.4. The van der Waals surface area contributed by atoms with Gasteiger partial charge < -0.3 is 14.6 Å². The molecule has 1 saturated heterocycles. The van der Waals surface area contributed by atoms with Crippen LogP contribution in [0.1, 0.15) is 19.3 Å². The summed E-state index contributed by atoms with van der Waals surface area (Å²) in [7, 11) is 0. The summed E-state index contributed by atoms with van der Waals surface area (Å²) in [6.45, 7) is 1.18. The molecule has 2 aliphatic carbocycles. The lowest BCUT2D eigenvalue weighted by atomic mass is 9.81. The summed E-state index contributed by atoms with van der Waals surface area (Å²) in [5.74, 6) is -0.761. The fourth-order valence-corrected chi connectivity index (χ4v) is 3.28. The van der Waals surface area contributed by atoms with Crippen LogP contribution in [0.5, 0.6) is 0 Å². The predicted octanol–water partition coefficient (Wildman–Crippen LogP) is 1.85. The van der Waals surface area contributed by atoms with Crippen LogP contribution in [0.25, 0.3) is 0 Å². The van der Waals surface area contributed by atoms with E-state index in [-0.39, 0.29) is 29.8 Å². The van der Waals surface area contributed by atoms with Crippen molar-refractivity contribution in [2.24, 2.45) is 11.3 Å². The Bertz CT molecular complexity index is 521. The minimum Gasteiger partial charge on any atom is -0.481 e. The van der Waals surface area contributed by atoms with E-state index < -0.39 is 5.97 Å². The molecular formula is C16H18O5. The molecule has 3 rings (SSSR count). The van der Waals surface area contributed by atoms with Gasteiger partial charge in [0.25, 0.3) is 0 Å². The molecule has 0 amide bonds. The molecule has 5 nitrogen and oxygen atoms in total. The molecule has 1 fully saturated rings. The quantitative estimate of drug-likeness (QED) is 0.800. The molecule has 0 bridgehead atoms. The van der Waals surface area contributed by atoms with Crippen LogP contribution in [0.4, 0.5) is 0 Å². The minimum atomic E-state index is -0.837. The fourth-order valence-electron chi connectivity index (χ4n) is 3.28. The van der Waals surface area contributed by atoms with Gasteiger partial charge >= 0.3 is 5.97 Å². The lowest BCUT2D eigenvalue weighted by molar-refractivity contribution is -0.136. The first kappa shape index (κ1) is 14.2. The van der Waals surface area contributed by atoms with Gasteiger partial charge in [0.2, 0.25) is 0 Å². The molecule has 112 valence electrons. The number of carboxylic acids is 1. The van der Waals surface area contributed by atoms with Crippen LogP contribution < -0.4 is 0 Å². The highest BCUT2D eigenvalue weighted by molar-refractivity contribution is 6.00. The number of ether oxygens (including phenoxy) is 2. The number of hydrogen-bond donors (Lipinski definition) is 1. The highest BCUT2D eigenvalue weighted by atomic mass is 16.7. The second kappa shape index (κ2) is 5.58. The molecule has 1 aliphatic heterocycles. The normalized spacial score (nSPS) is 27.5. The smallest absolute Gasteiger partial charge is 0.307 e. The van der Waals surface area contributed by atoms with Crippen LogP contribution in [0.2, 0.25) is 0 Å². The Morgan fingerprint density at radius 1 is 1.29 bits per heavy atom. The number of carbonyl (C=O) groups excluding carboxylic acids is 1. The van der Waals surface area contributed by atoms with Gasteiger partial charge in [0.05, 0.1) is 19.6 Å². The predicted molar refractivity (Wildman–Crippen MR) is 74.5 cm³/mol. The molecule has 1 spiro atoms. The van der Waals surface area contributed by atoms with Crippen molar-refractivity contribution in [3.8, 4) is 0 Å². The van der Waals surface area contributed by atoms with E-state index in [1.165, 1.54) is 0 Å². The summed E-state index contributed by atoms with van der Waals surface area (Å²) in [6, 6.07) is 0. The number of allylic oxidation sites excluding steroid dienone is 5. The second-order valence-corrected chi connectivity index (χ2v) is 5.78. The van der Waals surface area contributed by atoms with Gasteiger partial charge in [-0.25, -0.2) is 0 Å². The standard InChI is InChI=1S/C16H18O5/c17-13-1-3-16(4-2-13)9-11(7-14(18)19)12(10-16)8-15-20-5-6-21-15/h1-4,9,12,15H,5-8,10H2,(H,18,19)/t12-/m1/s1. The van der Waals surface area contributed by atoms with Gasteiger partial charge in [-0.3, -0.25) is 9.59 Å². The van der Waals surface area contributed by atoms with Crippen LogP contribution in [0, 0.1) is 11.3 Å². The molecule has 0 aromatic heterocycles. The molecule has 5 heteroatoms. The highest BCUT2D eigenvalue weighted by Crippen LogP contribution is 2.46. The maximum absolute atomic E-state index is 11.3. The maximum atomic E-state index is 11.3. The Morgan fingerprint density at radius 2 is 1.95 bits per heavy atom. The number of hydrogen-bond acceptors (Lipinski definition) is 4. The molecule has 3 aliphatic rings. The third-order valence-electron chi connectivity index (χ3n) is 4.22. The first-order valence-electron chi connectivity index (χ1n) is 7.15. The lowest BCUT2D eigenvalue weighted by Gasteiger charge is -2.24. The summed E-state index contributed by atoms with van der Waals surface area (Å²) < 4.78 is 10.9. The fraction of sp³-hybridized carbons (Fsp3) is 0.500. The molecule has 0 radical (unpaired) electrons. The van der Waals surface area contributed by atoms with Crippen molar-refractivity contribution in [3.05, 3.63) is 36.0 Å². The Balaban J connectivity index is 1.78. The first-order chi connectivity index (χ1) is 10.1. The van der Waals surface area contributed by atoms with Gasteiger partial charge in [-0.2, -0.15) is 0 Å². The lowest BCUT2D eigenvalue weighted by Crippen LogP contribution is -2.19. The number of carbonyl (C=O) groups is 2. The van der Waals surface area contributed by atoms with Crippen molar-refractivity contribution in [1.29, 1.82) is 0 Å². The second-order valence-electron chi connectivity index (χ2n) is 5.78. The van der Waals surface area contributed by atoms with Crippen LogP contribution in [0.15, 0.2) is 36.0 Å². The highest BCUT2D eigenvalue weighted by Gasteiger charge is 2.38. The number of rotatable bonds is 4. The zero-order chi connectivity index (χ0) is 14.9. The first-order valence-corrected chi connectivity index (χ1v) is 7.15. The number of aliphatic carboxylic acids is 1. The summed E-state index contributed by atoms with van der Waals surface area (Å²) in [5.41, 5.74) is 0.562. The summed E-state index contributed by atoms with van der Waals surface area (Å²) in [6.07, 6.45) is 10.0. The van der Waals surface area contributed by atoms with Crippen molar-refractivity contribution in [2.45, 2.75) is 25.6 Å². The average Bonchev–Trinajstić information content (AvgIpc) is 3.03. The Hall–Kier alpha value is -1.72.